The Kier molecular flexibility index (Phi) is 6.35. The molecule has 2 N–H and O–H groups in total. The second-order valence-corrected chi connectivity index (χ2v) is 9.59. The molecular formula is C27H27ClN4O2. The Morgan fingerprint density at radius 1 is 0.912 bits per heavy atom. The first-order valence-corrected chi connectivity index (χ1v) is 12.1. The lowest BCUT2D eigenvalue weighted by molar-refractivity contribution is 0.102. The summed E-state index contributed by atoms with van der Waals surface area (Å²) >= 11 is 5.86. The van der Waals surface area contributed by atoms with Crippen LogP contribution in [0.1, 0.15) is 52.0 Å². The number of nitrogens with one attached hydrogen (secondary N) is 2. The van der Waals surface area contributed by atoms with Gasteiger partial charge in [-0.25, -0.2) is 4.98 Å². The zero-order valence-electron chi connectivity index (χ0n) is 18.9. The molecule has 0 radical (unpaired) electrons. The third-order valence-corrected chi connectivity index (χ3v) is 6.95. The molecule has 2 fully saturated rings. The molecule has 0 bridgehead atoms. The molecule has 5 rings (SSSR count). The predicted molar refractivity (Wildman–Crippen MR) is 135 cm³/mol. The third kappa shape index (κ3) is 4.98. The number of carbonyl (C=O) groups excluding carboxylic acids is 2. The van der Waals surface area contributed by atoms with Gasteiger partial charge >= 0.3 is 0 Å². The summed E-state index contributed by atoms with van der Waals surface area (Å²) in [6.07, 6.45) is 6.47. The van der Waals surface area contributed by atoms with Gasteiger partial charge in [-0.05, 0) is 80.7 Å². The van der Waals surface area contributed by atoms with Crippen molar-refractivity contribution >= 4 is 34.9 Å². The van der Waals surface area contributed by atoms with Crippen LogP contribution in [0.25, 0.3) is 0 Å². The van der Waals surface area contributed by atoms with E-state index in [2.05, 4.69) is 32.7 Å². The lowest BCUT2D eigenvalue weighted by Crippen LogP contribution is -2.30. The molecule has 0 unspecified atom stereocenters. The highest BCUT2D eigenvalue weighted by Gasteiger charge is 2.45. The molecule has 1 aromatic heterocycles. The molecule has 7 heteroatoms. The average molecular weight is 475 g/mol. The Balaban J connectivity index is 1.26. The van der Waals surface area contributed by atoms with E-state index in [0.29, 0.717) is 27.7 Å². The van der Waals surface area contributed by atoms with Gasteiger partial charge in [0.15, 0.2) is 0 Å². The Labute approximate surface area is 204 Å². The monoisotopic (exact) mass is 474 g/mol. The molecule has 2 aliphatic rings. The molecule has 2 amide bonds. The Hall–Kier alpha value is -3.22. The zero-order valence-corrected chi connectivity index (χ0v) is 19.6. The smallest absolute Gasteiger partial charge is 0.258 e. The Morgan fingerprint density at radius 3 is 2.32 bits per heavy atom. The highest BCUT2D eigenvalue weighted by atomic mass is 35.5. The van der Waals surface area contributed by atoms with E-state index in [1.807, 2.05) is 12.1 Å². The van der Waals surface area contributed by atoms with Crippen molar-refractivity contribution in [1.82, 2.24) is 9.88 Å². The van der Waals surface area contributed by atoms with Gasteiger partial charge in [0.25, 0.3) is 11.8 Å². The lowest BCUT2D eigenvalue weighted by Gasteiger charge is -2.23. The fourth-order valence-electron chi connectivity index (χ4n) is 4.65. The van der Waals surface area contributed by atoms with Gasteiger partial charge in [0, 0.05) is 23.7 Å². The molecule has 0 spiro atoms. The fraction of sp³-hybridized carbons (Fsp3) is 0.296. The van der Waals surface area contributed by atoms with Crippen molar-refractivity contribution in [3.63, 3.8) is 0 Å². The van der Waals surface area contributed by atoms with Crippen molar-refractivity contribution < 1.29 is 9.59 Å². The summed E-state index contributed by atoms with van der Waals surface area (Å²) in [4.78, 5) is 32.4. The molecular weight excluding hydrogens is 448 g/mol. The van der Waals surface area contributed by atoms with Crippen molar-refractivity contribution in [2.75, 3.05) is 30.3 Å². The molecule has 2 aromatic carbocycles. The van der Waals surface area contributed by atoms with Gasteiger partial charge in [-0.3, -0.25) is 9.59 Å². The van der Waals surface area contributed by atoms with Crippen molar-refractivity contribution in [2.45, 2.75) is 31.1 Å². The van der Waals surface area contributed by atoms with Crippen LogP contribution in [-0.2, 0) is 5.41 Å². The van der Waals surface area contributed by atoms with Crippen LogP contribution in [0.2, 0.25) is 5.02 Å². The number of nitrogens with zero attached hydrogens (tertiary/aromatic N) is 2. The summed E-state index contributed by atoms with van der Waals surface area (Å²) in [5.41, 5.74) is 2.92. The minimum absolute atomic E-state index is 0.249. The number of halogens is 1. The first-order chi connectivity index (χ1) is 16.5. The number of hydrogen-bond acceptors (Lipinski definition) is 4. The molecule has 174 valence electrons. The summed E-state index contributed by atoms with van der Waals surface area (Å²) in [5, 5.41) is 6.11. The van der Waals surface area contributed by atoms with Gasteiger partial charge in [0.2, 0.25) is 0 Å². The highest BCUT2D eigenvalue weighted by Crippen LogP contribution is 2.49. The van der Waals surface area contributed by atoms with Gasteiger partial charge in [-0.2, -0.15) is 0 Å². The number of aromatic nitrogens is 1. The van der Waals surface area contributed by atoms with Crippen molar-refractivity contribution in [3.05, 3.63) is 88.6 Å². The summed E-state index contributed by atoms with van der Waals surface area (Å²) in [6, 6.07) is 18.1. The van der Waals surface area contributed by atoms with Crippen molar-refractivity contribution in [3.8, 4) is 0 Å². The largest absolute Gasteiger partial charge is 0.321 e. The van der Waals surface area contributed by atoms with Crippen LogP contribution in [0.5, 0.6) is 0 Å². The van der Waals surface area contributed by atoms with Crippen LogP contribution in [0.3, 0.4) is 0 Å². The standard InChI is InChI=1S/C27H27ClN4O2/c28-21-11-12-24(29-17-21)31-26(34)22-5-1-2-6-23(22)30-25(33)19-7-9-20(10-8-19)27(13-14-27)18-32-15-3-4-16-32/h1-2,5-12,17H,3-4,13-16,18H2,(H,30,33)(H,29,31,34). The minimum atomic E-state index is -0.362. The first-order valence-electron chi connectivity index (χ1n) is 11.7. The SMILES string of the molecule is O=C(Nc1ccccc1C(=O)Nc1ccc(Cl)cn1)c1ccc(C2(CN3CCCC3)CC2)cc1. The number of carbonyl (C=O) groups is 2. The van der Waals surface area contributed by atoms with Crippen molar-refractivity contribution in [2.24, 2.45) is 0 Å². The molecule has 6 nitrogen and oxygen atoms in total. The van der Waals surface area contributed by atoms with Gasteiger partial charge in [-0.1, -0.05) is 35.9 Å². The van der Waals surface area contributed by atoms with Gasteiger partial charge < -0.3 is 15.5 Å². The number of amides is 2. The topological polar surface area (TPSA) is 74.3 Å². The van der Waals surface area contributed by atoms with Crippen LogP contribution >= 0.6 is 11.6 Å². The molecule has 2 heterocycles. The number of para-hydroxylation sites is 1. The van der Waals surface area contributed by atoms with Gasteiger partial charge in [-0.15, -0.1) is 0 Å². The number of rotatable bonds is 7. The minimum Gasteiger partial charge on any atom is -0.321 e. The molecule has 34 heavy (non-hydrogen) atoms. The Bertz CT molecular complexity index is 1180. The number of likely N-dealkylation sites (tertiary alicyclic amines) is 1. The normalized spacial score (nSPS) is 16.7. The van der Waals surface area contributed by atoms with E-state index in [1.165, 1.54) is 50.5 Å². The van der Waals surface area contributed by atoms with Crippen LogP contribution < -0.4 is 10.6 Å². The third-order valence-electron chi connectivity index (χ3n) is 6.73. The summed E-state index contributed by atoms with van der Waals surface area (Å²) < 4.78 is 0. The van der Waals surface area contributed by atoms with E-state index in [4.69, 9.17) is 11.6 Å². The molecule has 1 aliphatic carbocycles. The number of benzene rings is 2. The van der Waals surface area contributed by atoms with Crippen LogP contribution in [-0.4, -0.2) is 41.3 Å². The van der Waals surface area contributed by atoms with E-state index in [9.17, 15) is 9.59 Å². The van der Waals surface area contributed by atoms with Gasteiger partial charge in [0.05, 0.1) is 16.3 Å². The summed E-state index contributed by atoms with van der Waals surface area (Å²) in [7, 11) is 0. The molecule has 3 aromatic rings. The van der Waals surface area contributed by atoms with E-state index in [1.54, 1.807) is 36.4 Å². The molecule has 1 saturated carbocycles. The molecule has 1 aliphatic heterocycles. The maximum absolute atomic E-state index is 13.0. The predicted octanol–water partition coefficient (Wildman–Crippen LogP) is 5.37. The van der Waals surface area contributed by atoms with Crippen molar-refractivity contribution in [1.29, 1.82) is 0 Å². The number of pyridine rings is 1. The van der Waals surface area contributed by atoms with Gasteiger partial charge in [0.1, 0.15) is 5.82 Å². The second-order valence-electron chi connectivity index (χ2n) is 9.16. The van der Waals surface area contributed by atoms with E-state index < -0.39 is 0 Å². The maximum Gasteiger partial charge on any atom is 0.258 e. The fourth-order valence-corrected chi connectivity index (χ4v) is 4.76. The quantitative estimate of drug-likeness (QED) is 0.483. The van der Waals surface area contributed by atoms with E-state index in [0.717, 1.165) is 6.54 Å². The zero-order chi connectivity index (χ0) is 23.5. The van der Waals surface area contributed by atoms with E-state index >= 15 is 0 Å². The first kappa shape index (κ1) is 22.6. The lowest BCUT2D eigenvalue weighted by atomic mass is 9.94. The molecule has 0 atom stereocenters. The van der Waals surface area contributed by atoms with E-state index in [-0.39, 0.29) is 17.2 Å². The maximum atomic E-state index is 13.0. The second kappa shape index (κ2) is 9.57. The average Bonchev–Trinajstić information content (AvgIpc) is 3.45. The number of hydrogen-bond donors (Lipinski definition) is 2. The van der Waals surface area contributed by atoms with Crippen LogP contribution in [0.4, 0.5) is 11.5 Å². The molecule has 1 saturated heterocycles. The summed E-state index contributed by atoms with van der Waals surface area (Å²) in [5.74, 6) is -0.228. The Morgan fingerprint density at radius 2 is 1.65 bits per heavy atom. The van der Waals surface area contributed by atoms with Crippen LogP contribution in [0, 0.1) is 0 Å². The number of anilines is 2. The van der Waals surface area contributed by atoms with Crippen LogP contribution in [0.15, 0.2) is 66.9 Å². The summed E-state index contributed by atoms with van der Waals surface area (Å²) in [6.45, 7) is 3.51. The highest BCUT2D eigenvalue weighted by molar-refractivity contribution is 6.30.